The van der Waals surface area contributed by atoms with E-state index >= 15 is 0 Å². The number of hydrogen-bond donors (Lipinski definition) is 3. The smallest absolute Gasteiger partial charge is 0.312 e. The van der Waals surface area contributed by atoms with Crippen LogP contribution < -0.4 is 5.73 Å². The maximum atomic E-state index is 13.2. The molecule has 2 aliphatic heterocycles. The van der Waals surface area contributed by atoms with E-state index in [1.54, 1.807) is 16.5 Å². The summed E-state index contributed by atoms with van der Waals surface area (Å²) < 4.78 is 5.55. The first-order chi connectivity index (χ1) is 17.4. The van der Waals surface area contributed by atoms with Crippen molar-refractivity contribution in [3.8, 4) is 0 Å². The number of aliphatic hydroxyl groups is 2. The molecule has 0 unspecified atom stereocenters. The van der Waals surface area contributed by atoms with Crippen molar-refractivity contribution >= 4 is 28.3 Å². The topological polar surface area (TPSA) is 142 Å². The minimum absolute atomic E-state index is 0.164. The van der Waals surface area contributed by atoms with Gasteiger partial charge in [0.15, 0.2) is 5.13 Å². The van der Waals surface area contributed by atoms with Crippen LogP contribution in [0.2, 0.25) is 0 Å². The Labute approximate surface area is 215 Å². The van der Waals surface area contributed by atoms with Crippen LogP contribution in [0.3, 0.4) is 0 Å². The highest BCUT2D eigenvalue weighted by atomic mass is 32.1. The first-order valence-electron chi connectivity index (χ1n) is 12.5. The van der Waals surface area contributed by atoms with Crippen LogP contribution in [-0.4, -0.2) is 86.9 Å². The van der Waals surface area contributed by atoms with Gasteiger partial charge in [-0.1, -0.05) is 12.5 Å². The summed E-state index contributed by atoms with van der Waals surface area (Å²) in [6, 6.07) is 5.86. The van der Waals surface area contributed by atoms with Gasteiger partial charge < -0.3 is 25.6 Å². The first-order valence-corrected chi connectivity index (χ1v) is 13.4. The molecule has 0 radical (unpaired) electrons. The predicted octanol–water partition coefficient (Wildman–Crippen LogP) is 1.68. The number of aliphatic hydroxyl groups excluding tert-OH is 2. The summed E-state index contributed by atoms with van der Waals surface area (Å²) >= 11 is 1.21. The van der Waals surface area contributed by atoms with Gasteiger partial charge in [0.25, 0.3) is 5.91 Å². The number of nitrogens with two attached hydrogens (primary N) is 1. The van der Waals surface area contributed by atoms with Gasteiger partial charge in [-0.15, -0.1) is 11.3 Å². The number of anilines is 1. The van der Waals surface area contributed by atoms with Gasteiger partial charge in [-0.3, -0.25) is 19.5 Å². The maximum absolute atomic E-state index is 13.2. The second kappa shape index (κ2) is 12.1. The van der Waals surface area contributed by atoms with Crippen molar-refractivity contribution in [1.29, 1.82) is 0 Å². The molecule has 1 amide bonds. The van der Waals surface area contributed by atoms with Crippen LogP contribution >= 0.6 is 11.3 Å². The summed E-state index contributed by atoms with van der Waals surface area (Å²) in [6.45, 7) is 2.68. The standard InChI is InChI=1S/C25H35N5O5S/c26-24-28-19(17-36-24)22(33)30-11-4-2-7-25(23(34)35-16-21(32)20(31)6-12-30)8-13-29(14-9-25)15-18-5-1-3-10-27-18/h1,3,5,10,17,20-21,31-32H,2,4,6-9,11-16H2,(H2,26,28)/t20-,21+/m0/s1. The van der Waals surface area contributed by atoms with Crippen molar-refractivity contribution in [2.75, 3.05) is 38.5 Å². The molecule has 2 aromatic heterocycles. The fourth-order valence-electron chi connectivity index (χ4n) is 4.95. The zero-order valence-electron chi connectivity index (χ0n) is 20.4. The monoisotopic (exact) mass is 517 g/mol. The second-order valence-electron chi connectivity index (χ2n) is 9.72. The Balaban J connectivity index is 1.42. The van der Waals surface area contributed by atoms with Gasteiger partial charge in [0.1, 0.15) is 18.4 Å². The molecule has 2 aromatic rings. The molecule has 0 aromatic carbocycles. The van der Waals surface area contributed by atoms with E-state index in [-0.39, 0.29) is 37.1 Å². The minimum Gasteiger partial charge on any atom is -0.462 e. The number of nitrogen functional groups attached to an aromatic ring is 1. The molecule has 10 nitrogen and oxygen atoms in total. The molecule has 4 N–H and O–H groups in total. The van der Waals surface area contributed by atoms with Gasteiger partial charge in [-0.2, -0.15) is 0 Å². The number of hydrogen-bond acceptors (Lipinski definition) is 10. The molecule has 2 saturated heterocycles. The quantitative estimate of drug-likeness (QED) is 0.518. The van der Waals surface area contributed by atoms with E-state index < -0.39 is 17.6 Å². The molecule has 2 fully saturated rings. The third kappa shape index (κ3) is 6.58. The Morgan fingerprint density at radius 2 is 1.94 bits per heavy atom. The van der Waals surface area contributed by atoms with Crippen molar-refractivity contribution in [3.05, 3.63) is 41.2 Å². The van der Waals surface area contributed by atoms with Crippen molar-refractivity contribution in [3.63, 3.8) is 0 Å². The molecule has 11 heteroatoms. The molecule has 2 atom stereocenters. The van der Waals surface area contributed by atoms with Gasteiger partial charge in [-0.05, 0) is 57.3 Å². The average molecular weight is 518 g/mol. The molecule has 4 rings (SSSR count). The largest absolute Gasteiger partial charge is 0.462 e. The molecule has 0 aliphatic carbocycles. The molecule has 0 bridgehead atoms. The average Bonchev–Trinajstić information content (AvgIpc) is 3.33. The number of thiazole rings is 1. The second-order valence-corrected chi connectivity index (χ2v) is 10.6. The first kappa shape index (κ1) is 26.5. The third-order valence-electron chi connectivity index (χ3n) is 7.24. The van der Waals surface area contributed by atoms with Crippen LogP contribution in [0.25, 0.3) is 0 Å². The zero-order valence-corrected chi connectivity index (χ0v) is 21.2. The lowest BCUT2D eigenvalue weighted by Crippen LogP contribution is -2.46. The van der Waals surface area contributed by atoms with E-state index in [1.807, 2.05) is 18.2 Å². The van der Waals surface area contributed by atoms with Gasteiger partial charge in [0.2, 0.25) is 0 Å². The summed E-state index contributed by atoms with van der Waals surface area (Å²) in [7, 11) is 0. The Bertz CT molecular complexity index is 1010. The summed E-state index contributed by atoms with van der Waals surface area (Å²) in [5.74, 6) is -0.555. The molecule has 4 heterocycles. The number of nitrogens with zero attached hydrogens (tertiary/aromatic N) is 4. The van der Waals surface area contributed by atoms with Crippen LogP contribution in [-0.2, 0) is 16.1 Å². The molecule has 196 valence electrons. The number of pyridine rings is 1. The van der Waals surface area contributed by atoms with E-state index in [0.717, 1.165) is 31.7 Å². The summed E-state index contributed by atoms with van der Waals surface area (Å²) in [6.07, 6.45) is 3.01. The SMILES string of the molecule is Nc1nc(C(=O)N2CCCCC3(CCN(Cc4ccccn4)CC3)C(=O)OC[C@@H](O)[C@@H](O)CC2)cs1. The number of likely N-dealkylation sites (tertiary alicyclic amines) is 1. The highest BCUT2D eigenvalue weighted by molar-refractivity contribution is 7.13. The minimum atomic E-state index is -1.22. The molecule has 36 heavy (non-hydrogen) atoms. The molecular formula is C25H35N5O5S. The number of carbonyl (C=O) groups excluding carboxylic acids is 2. The summed E-state index contributed by atoms with van der Waals surface area (Å²) in [4.78, 5) is 38.7. The van der Waals surface area contributed by atoms with Gasteiger partial charge in [0.05, 0.1) is 17.2 Å². The highest BCUT2D eigenvalue weighted by Gasteiger charge is 2.42. The number of esters is 1. The van der Waals surface area contributed by atoms with Crippen molar-refractivity contribution < 1.29 is 24.5 Å². The zero-order chi connectivity index (χ0) is 25.5. The molecule has 2 aliphatic rings. The van der Waals surface area contributed by atoms with E-state index in [9.17, 15) is 19.8 Å². The van der Waals surface area contributed by atoms with Crippen LogP contribution in [0, 0.1) is 5.41 Å². The van der Waals surface area contributed by atoms with Crippen LogP contribution in [0.15, 0.2) is 29.8 Å². The number of carbonyl (C=O) groups is 2. The Morgan fingerprint density at radius 3 is 2.64 bits per heavy atom. The summed E-state index contributed by atoms with van der Waals surface area (Å²) in [5.41, 5.74) is 6.34. The van der Waals surface area contributed by atoms with Crippen LogP contribution in [0.1, 0.15) is 54.7 Å². The van der Waals surface area contributed by atoms with E-state index in [2.05, 4.69) is 14.9 Å². The highest BCUT2D eigenvalue weighted by Crippen LogP contribution is 2.38. The number of piperidine rings is 1. The van der Waals surface area contributed by atoms with Crippen LogP contribution in [0.5, 0.6) is 0 Å². The van der Waals surface area contributed by atoms with Gasteiger partial charge in [0, 0.05) is 31.2 Å². The summed E-state index contributed by atoms with van der Waals surface area (Å²) in [5, 5.41) is 22.8. The molecule has 1 spiro atoms. The van der Waals surface area contributed by atoms with E-state index in [1.165, 1.54) is 11.3 Å². The van der Waals surface area contributed by atoms with Crippen LogP contribution in [0.4, 0.5) is 5.13 Å². The lowest BCUT2D eigenvalue weighted by atomic mass is 9.74. The normalized spacial score (nSPS) is 24.4. The number of rotatable bonds is 3. The van der Waals surface area contributed by atoms with Crippen molar-refractivity contribution in [1.82, 2.24) is 19.8 Å². The number of amides is 1. The lowest BCUT2D eigenvalue weighted by Gasteiger charge is -2.40. The van der Waals surface area contributed by atoms with Gasteiger partial charge >= 0.3 is 5.97 Å². The Kier molecular flexibility index (Phi) is 8.89. The van der Waals surface area contributed by atoms with Crippen molar-refractivity contribution in [2.45, 2.75) is 57.3 Å². The fourth-order valence-corrected chi connectivity index (χ4v) is 5.49. The van der Waals surface area contributed by atoms with E-state index in [4.69, 9.17) is 10.5 Å². The van der Waals surface area contributed by atoms with Gasteiger partial charge in [-0.25, -0.2) is 4.98 Å². The number of ether oxygens (including phenoxy) is 1. The molecule has 0 saturated carbocycles. The Hall–Kier alpha value is -2.60. The lowest BCUT2D eigenvalue weighted by molar-refractivity contribution is -0.165. The maximum Gasteiger partial charge on any atom is 0.312 e. The predicted molar refractivity (Wildman–Crippen MR) is 135 cm³/mol. The molecular weight excluding hydrogens is 482 g/mol. The third-order valence-corrected chi connectivity index (χ3v) is 7.92. The fraction of sp³-hybridized carbons (Fsp3) is 0.600. The number of aromatic nitrogens is 2. The number of cyclic esters (lactones) is 1. The van der Waals surface area contributed by atoms with Crippen molar-refractivity contribution in [2.24, 2.45) is 5.41 Å². The Morgan fingerprint density at radius 1 is 1.14 bits per heavy atom. The van der Waals surface area contributed by atoms with E-state index in [0.29, 0.717) is 37.4 Å².